The SMILES string of the molecule is CCC(C)NC(=NCc1ccccc1-n1ccc(C)n1)NCC(=O)N(C)C. The van der Waals surface area contributed by atoms with Gasteiger partial charge in [0.1, 0.15) is 0 Å². The number of benzene rings is 1. The molecule has 1 unspecified atom stereocenters. The molecule has 1 amide bonds. The summed E-state index contributed by atoms with van der Waals surface area (Å²) in [4.78, 5) is 18.1. The minimum Gasteiger partial charge on any atom is -0.354 e. The molecule has 2 rings (SSSR count). The van der Waals surface area contributed by atoms with Gasteiger partial charge in [0.2, 0.25) is 5.91 Å². The second kappa shape index (κ2) is 9.75. The molecule has 0 bridgehead atoms. The van der Waals surface area contributed by atoms with Crippen molar-refractivity contribution in [2.24, 2.45) is 4.99 Å². The maximum atomic E-state index is 11.9. The maximum absolute atomic E-state index is 11.9. The second-order valence-electron chi connectivity index (χ2n) is 6.79. The zero-order valence-corrected chi connectivity index (χ0v) is 16.9. The third kappa shape index (κ3) is 6.13. The fraction of sp³-hybridized carbons (Fsp3) is 0.450. The molecular formula is C20H30N6O. The summed E-state index contributed by atoms with van der Waals surface area (Å²) in [5.41, 5.74) is 3.03. The van der Waals surface area contributed by atoms with Crippen LogP contribution < -0.4 is 10.6 Å². The fourth-order valence-corrected chi connectivity index (χ4v) is 2.39. The van der Waals surface area contributed by atoms with Gasteiger partial charge in [-0.1, -0.05) is 25.1 Å². The van der Waals surface area contributed by atoms with Gasteiger partial charge in [0, 0.05) is 26.3 Å². The van der Waals surface area contributed by atoms with Crippen LogP contribution in [0.25, 0.3) is 5.69 Å². The van der Waals surface area contributed by atoms with E-state index < -0.39 is 0 Å². The summed E-state index contributed by atoms with van der Waals surface area (Å²) in [5.74, 6) is 0.632. The van der Waals surface area contributed by atoms with Crippen LogP contribution >= 0.6 is 0 Å². The molecule has 0 saturated carbocycles. The molecule has 7 nitrogen and oxygen atoms in total. The molecule has 2 aromatic rings. The Morgan fingerprint density at radius 3 is 2.67 bits per heavy atom. The van der Waals surface area contributed by atoms with E-state index in [1.807, 2.05) is 48.1 Å². The number of hydrogen-bond donors (Lipinski definition) is 2. The summed E-state index contributed by atoms with van der Waals surface area (Å²) in [6.45, 7) is 6.85. The van der Waals surface area contributed by atoms with E-state index in [0.29, 0.717) is 12.5 Å². The Bertz CT molecular complexity index is 780. The molecule has 1 aromatic heterocycles. The van der Waals surface area contributed by atoms with Gasteiger partial charge in [-0.05, 0) is 38.0 Å². The van der Waals surface area contributed by atoms with Crippen LogP contribution in [-0.2, 0) is 11.3 Å². The summed E-state index contributed by atoms with van der Waals surface area (Å²) in [6.07, 6.45) is 2.91. The monoisotopic (exact) mass is 370 g/mol. The summed E-state index contributed by atoms with van der Waals surface area (Å²) in [5, 5.41) is 11.0. The van der Waals surface area contributed by atoms with Crippen molar-refractivity contribution in [3.63, 3.8) is 0 Å². The molecule has 7 heteroatoms. The molecule has 146 valence electrons. The van der Waals surface area contributed by atoms with Crippen molar-refractivity contribution < 1.29 is 4.79 Å². The van der Waals surface area contributed by atoms with Crippen LogP contribution in [0.2, 0.25) is 0 Å². The minimum absolute atomic E-state index is 0.000989. The van der Waals surface area contributed by atoms with E-state index in [2.05, 4.69) is 34.6 Å². The second-order valence-corrected chi connectivity index (χ2v) is 6.79. The Morgan fingerprint density at radius 2 is 2.04 bits per heavy atom. The van der Waals surface area contributed by atoms with Gasteiger partial charge < -0.3 is 15.5 Å². The van der Waals surface area contributed by atoms with Crippen LogP contribution in [0.15, 0.2) is 41.5 Å². The lowest BCUT2D eigenvalue weighted by Gasteiger charge is -2.18. The van der Waals surface area contributed by atoms with Gasteiger partial charge in [-0.3, -0.25) is 4.79 Å². The molecule has 0 fully saturated rings. The van der Waals surface area contributed by atoms with E-state index in [-0.39, 0.29) is 18.5 Å². The van der Waals surface area contributed by atoms with Gasteiger partial charge in [0.05, 0.1) is 24.5 Å². The molecule has 0 radical (unpaired) electrons. The highest BCUT2D eigenvalue weighted by Gasteiger charge is 2.09. The summed E-state index contributed by atoms with van der Waals surface area (Å²) in [7, 11) is 3.48. The van der Waals surface area contributed by atoms with Crippen molar-refractivity contribution in [1.82, 2.24) is 25.3 Å². The average Bonchev–Trinajstić information content (AvgIpc) is 3.09. The van der Waals surface area contributed by atoms with Gasteiger partial charge in [0.15, 0.2) is 5.96 Å². The molecule has 0 aliphatic rings. The number of aliphatic imine (C=N–C) groups is 1. The lowest BCUT2D eigenvalue weighted by Crippen LogP contribution is -2.45. The number of para-hydroxylation sites is 1. The summed E-state index contributed by atoms with van der Waals surface area (Å²) in [6, 6.07) is 10.3. The highest BCUT2D eigenvalue weighted by molar-refractivity contribution is 5.86. The molecule has 0 aliphatic carbocycles. The van der Waals surface area contributed by atoms with Crippen molar-refractivity contribution >= 4 is 11.9 Å². The Kier molecular flexibility index (Phi) is 7.40. The normalized spacial score (nSPS) is 12.6. The van der Waals surface area contributed by atoms with E-state index in [1.54, 1.807) is 19.0 Å². The highest BCUT2D eigenvalue weighted by atomic mass is 16.2. The molecule has 0 saturated heterocycles. The largest absolute Gasteiger partial charge is 0.354 e. The number of carbonyl (C=O) groups excluding carboxylic acids is 1. The fourth-order valence-electron chi connectivity index (χ4n) is 2.39. The van der Waals surface area contributed by atoms with E-state index in [9.17, 15) is 4.79 Å². The summed E-state index contributed by atoms with van der Waals surface area (Å²) >= 11 is 0. The number of guanidine groups is 1. The van der Waals surface area contributed by atoms with Crippen LogP contribution in [0, 0.1) is 6.92 Å². The third-order valence-electron chi connectivity index (χ3n) is 4.27. The van der Waals surface area contributed by atoms with E-state index in [4.69, 9.17) is 0 Å². The first-order chi connectivity index (χ1) is 12.9. The number of amides is 1. The van der Waals surface area contributed by atoms with Crippen LogP contribution in [0.4, 0.5) is 0 Å². The third-order valence-corrected chi connectivity index (χ3v) is 4.27. The molecule has 1 aromatic carbocycles. The predicted molar refractivity (Wildman–Crippen MR) is 109 cm³/mol. The number of likely N-dealkylation sites (N-methyl/N-ethyl adjacent to an activating group) is 1. The van der Waals surface area contributed by atoms with Crippen LogP contribution in [0.5, 0.6) is 0 Å². The molecule has 0 spiro atoms. The number of carbonyl (C=O) groups is 1. The summed E-state index contributed by atoms with van der Waals surface area (Å²) < 4.78 is 1.87. The minimum atomic E-state index is 0.000989. The standard InChI is InChI=1S/C20H30N6O/c1-6-15(2)23-20(22-14-19(27)25(4)5)21-13-17-9-7-8-10-18(17)26-12-11-16(3)24-26/h7-12,15H,6,13-14H2,1-5H3,(H2,21,22,23). The van der Waals surface area contributed by atoms with Crippen LogP contribution in [0.3, 0.4) is 0 Å². The van der Waals surface area contributed by atoms with Crippen LogP contribution in [-0.4, -0.2) is 53.2 Å². The Labute approximate surface area is 161 Å². The first-order valence-corrected chi connectivity index (χ1v) is 9.26. The first-order valence-electron chi connectivity index (χ1n) is 9.26. The van der Waals surface area contributed by atoms with Gasteiger partial charge in [-0.15, -0.1) is 0 Å². The lowest BCUT2D eigenvalue weighted by atomic mass is 10.2. The predicted octanol–water partition coefficient (Wildman–Crippen LogP) is 2.10. The molecule has 27 heavy (non-hydrogen) atoms. The molecule has 1 atom stereocenters. The van der Waals surface area contributed by atoms with E-state index in [0.717, 1.165) is 23.4 Å². The molecule has 2 N–H and O–H groups in total. The number of hydrogen-bond acceptors (Lipinski definition) is 3. The van der Waals surface area contributed by atoms with Gasteiger partial charge in [0.25, 0.3) is 0 Å². The average molecular weight is 371 g/mol. The zero-order chi connectivity index (χ0) is 19.8. The number of aryl methyl sites for hydroxylation is 1. The van der Waals surface area contributed by atoms with Gasteiger partial charge in [-0.2, -0.15) is 5.10 Å². The Morgan fingerprint density at radius 1 is 1.30 bits per heavy atom. The van der Waals surface area contributed by atoms with Crippen molar-refractivity contribution in [2.45, 2.75) is 39.8 Å². The van der Waals surface area contributed by atoms with Gasteiger partial charge >= 0.3 is 0 Å². The van der Waals surface area contributed by atoms with Crippen molar-refractivity contribution in [2.75, 3.05) is 20.6 Å². The van der Waals surface area contributed by atoms with Crippen molar-refractivity contribution in [3.8, 4) is 5.69 Å². The first kappa shape index (κ1) is 20.5. The quantitative estimate of drug-likeness (QED) is 0.578. The number of nitrogens with one attached hydrogen (secondary N) is 2. The zero-order valence-electron chi connectivity index (χ0n) is 16.9. The maximum Gasteiger partial charge on any atom is 0.241 e. The van der Waals surface area contributed by atoms with E-state index in [1.165, 1.54) is 0 Å². The molecule has 1 heterocycles. The topological polar surface area (TPSA) is 74.5 Å². The Balaban J connectivity index is 2.18. The van der Waals surface area contributed by atoms with Crippen molar-refractivity contribution in [1.29, 1.82) is 0 Å². The Hall–Kier alpha value is -2.83. The number of rotatable bonds is 7. The number of aromatic nitrogens is 2. The number of nitrogens with zero attached hydrogens (tertiary/aromatic N) is 4. The smallest absolute Gasteiger partial charge is 0.241 e. The molecular weight excluding hydrogens is 340 g/mol. The van der Waals surface area contributed by atoms with Crippen molar-refractivity contribution in [3.05, 3.63) is 47.8 Å². The van der Waals surface area contributed by atoms with Crippen LogP contribution in [0.1, 0.15) is 31.5 Å². The lowest BCUT2D eigenvalue weighted by molar-refractivity contribution is -0.127. The molecule has 0 aliphatic heterocycles. The van der Waals surface area contributed by atoms with Gasteiger partial charge in [-0.25, -0.2) is 9.67 Å². The van der Waals surface area contributed by atoms with E-state index >= 15 is 0 Å². The highest BCUT2D eigenvalue weighted by Crippen LogP contribution is 2.15.